The number of rotatable bonds is 4. The Morgan fingerprint density at radius 1 is 0.964 bits per heavy atom. The van der Waals surface area contributed by atoms with Crippen molar-refractivity contribution in [2.75, 3.05) is 61.7 Å². The van der Waals surface area contributed by atoms with Crippen LogP contribution in [0.4, 0.5) is 21.5 Å². The van der Waals surface area contributed by atoms with Gasteiger partial charge in [-0.25, -0.2) is 4.39 Å². The van der Waals surface area contributed by atoms with Crippen molar-refractivity contribution in [2.24, 2.45) is 0 Å². The lowest BCUT2D eigenvalue weighted by Gasteiger charge is -2.30. The summed E-state index contributed by atoms with van der Waals surface area (Å²) in [5.74, 6) is -0.202. The van der Waals surface area contributed by atoms with Crippen LogP contribution >= 0.6 is 0 Å². The van der Waals surface area contributed by atoms with Crippen molar-refractivity contribution < 1.29 is 14.0 Å². The molecule has 0 bridgehead atoms. The molecule has 0 spiro atoms. The third-order valence-electron chi connectivity index (χ3n) is 5.17. The van der Waals surface area contributed by atoms with Gasteiger partial charge in [-0.3, -0.25) is 4.84 Å². The van der Waals surface area contributed by atoms with E-state index >= 15 is 0 Å². The van der Waals surface area contributed by atoms with Crippen molar-refractivity contribution in [3.05, 3.63) is 53.8 Å². The SMILES string of the molecule is Nc1cccc(CN2CCN(c3ccc(N4CCCOC4)cc3F)CCO2)c1. The minimum Gasteiger partial charge on any atom is -0.399 e. The summed E-state index contributed by atoms with van der Waals surface area (Å²) in [6.07, 6.45) is 0.968. The molecule has 0 saturated carbocycles. The Morgan fingerprint density at radius 3 is 2.68 bits per heavy atom. The highest BCUT2D eigenvalue weighted by Crippen LogP contribution is 2.27. The van der Waals surface area contributed by atoms with Crippen LogP contribution in [0.3, 0.4) is 0 Å². The highest BCUT2D eigenvalue weighted by atomic mass is 19.1. The Labute approximate surface area is 165 Å². The first-order chi connectivity index (χ1) is 13.7. The van der Waals surface area contributed by atoms with E-state index in [1.165, 1.54) is 0 Å². The van der Waals surface area contributed by atoms with Crippen molar-refractivity contribution in [1.29, 1.82) is 0 Å². The van der Waals surface area contributed by atoms with Crippen molar-refractivity contribution in [2.45, 2.75) is 13.0 Å². The van der Waals surface area contributed by atoms with Crippen LogP contribution in [0, 0.1) is 5.82 Å². The quantitative estimate of drug-likeness (QED) is 0.816. The average molecular weight is 386 g/mol. The number of nitrogen functional groups attached to an aromatic ring is 1. The summed E-state index contributed by atoms with van der Waals surface area (Å²) < 4.78 is 20.3. The number of nitrogens with zero attached hydrogens (tertiary/aromatic N) is 3. The van der Waals surface area contributed by atoms with Gasteiger partial charge in [0.1, 0.15) is 12.5 Å². The first-order valence-electron chi connectivity index (χ1n) is 9.78. The van der Waals surface area contributed by atoms with Crippen molar-refractivity contribution in [3.8, 4) is 0 Å². The van der Waals surface area contributed by atoms with Gasteiger partial charge in [-0.05, 0) is 42.3 Å². The van der Waals surface area contributed by atoms with Crippen molar-refractivity contribution in [1.82, 2.24) is 5.06 Å². The highest BCUT2D eigenvalue weighted by Gasteiger charge is 2.20. The maximum Gasteiger partial charge on any atom is 0.148 e. The Bertz CT molecular complexity index is 798. The second kappa shape index (κ2) is 8.77. The molecule has 2 aromatic carbocycles. The molecule has 0 radical (unpaired) electrons. The molecule has 2 aliphatic heterocycles. The molecule has 4 rings (SSSR count). The van der Waals surface area contributed by atoms with Gasteiger partial charge in [0.15, 0.2) is 0 Å². The molecule has 2 aromatic rings. The topological polar surface area (TPSA) is 54.2 Å². The molecule has 2 fully saturated rings. The molecular formula is C21H27FN4O2. The number of hydrogen-bond donors (Lipinski definition) is 1. The molecule has 2 aliphatic rings. The largest absolute Gasteiger partial charge is 0.399 e. The fourth-order valence-corrected chi connectivity index (χ4v) is 3.70. The second-order valence-corrected chi connectivity index (χ2v) is 7.22. The summed E-state index contributed by atoms with van der Waals surface area (Å²) in [4.78, 5) is 9.97. The van der Waals surface area contributed by atoms with Crippen LogP contribution < -0.4 is 15.5 Å². The number of halogens is 1. The van der Waals surface area contributed by atoms with Gasteiger partial charge in [0, 0.05) is 44.1 Å². The predicted molar refractivity (Wildman–Crippen MR) is 109 cm³/mol. The predicted octanol–water partition coefficient (Wildman–Crippen LogP) is 2.85. The van der Waals surface area contributed by atoms with E-state index in [1.54, 1.807) is 6.07 Å². The number of nitrogens with two attached hydrogens (primary N) is 1. The van der Waals surface area contributed by atoms with Crippen LogP contribution in [-0.4, -0.2) is 51.2 Å². The zero-order chi connectivity index (χ0) is 19.3. The van der Waals surface area contributed by atoms with Crippen LogP contribution in [0.15, 0.2) is 42.5 Å². The standard InChI is InChI=1S/C21H27FN4O2/c22-20-14-19(25-7-2-11-27-16-25)5-6-21(20)24-8-9-26(28-12-10-24)15-17-3-1-4-18(23)13-17/h1,3-6,13-14H,2,7-12,15-16,23H2. The molecule has 0 atom stereocenters. The Balaban J connectivity index is 1.39. The molecule has 28 heavy (non-hydrogen) atoms. The maximum atomic E-state index is 14.8. The van der Waals surface area contributed by atoms with Crippen LogP contribution in [-0.2, 0) is 16.1 Å². The van der Waals surface area contributed by atoms with E-state index in [-0.39, 0.29) is 5.82 Å². The molecule has 0 aromatic heterocycles. The minimum atomic E-state index is -0.202. The zero-order valence-corrected chi connectivity index (χ0v) is 16.0. The molecule has 0 aliphatic carbocycles. The molecule has 0 unspecified atom stereocenters. The number of hydrogen-bond acceptors (Lipinski definition) is 6. The third-order valence-corrected chi connectivity index (χ3v) is 5.17. The van der Waals surface area contributed by atoms with Gasteiger partial charge < -0.3 is 20.3 Å². The van der Waals surface area contributed by atoms with Crippen LogP contribution in [0.1, 0.15) is 12.0 Å². The van der Waals surface area contributed by atoms with Crippen molar-refractivity contribution in [3.63, 3.8) is 0 Å². The second-order valence-electron chi connectivity index (χ2n) is 7.22. The number of hydroxylamine groups is 2. The Kier molecular flexibility index (Phi) is 5.95. The summed E-state index contributed by atoms with van der Waals surface area (Å²) in [5, 5.41) is 1.92. The summed E-state index contributed by atoms with van der Waals surface area (Å²) >= 11 is 0. The van der Waals surface area contributed by atoms with Gasteiger partial charge in [-0.2, -0.15) is 5.06 Å². The van der Waals surface area contributed by atoms with Gasteiger partial charge in [-0.15, -0.1) is 0 Å². The molecule has 2 N–H and O–H groups in total. The first kappa shape index (κ1) is 19.0. The molecule has 2 saturated heterocycles. The molecule has 2 heterocycles. The van der Waals surface area contributed by atoms with Gasteiger partial charge in [0.2, 0.25) is 0 Å². The van der Waals surface area contributed by atoms with E-state index in [0.29, 0.717) is 45.2 Å². The number of ether oxygens (including phenoxy) is 1. The van der Waals surface area contributed by atoms with Crippen LogP contribution in [0.2, 0.25) is 0 Å². The lowest BCUT2D eigenvalue weighted by atomic mass is 10.2. The number of anilines is 3. The molecule has 6 nitrogen and oxygen atoms in total. The maximum absolute atomic E-state index is 14.8. The van der Waals surface area contributed by atoms with Gasteiger partial charge in [0.05, 0.1) is 18.9 Å². The molecular weight excluding hydrogens is 359 g/mol. The average Bonchev–Trinajstić information content (AvgIpc) is 2.94. The molecule has 150 valence electrons. The fourth-order valence-electron chi connectivity index (χ4n) is 3.70. The van der Waals surface area contributed by atoms with E-state index in [0.717, 1.165) is 36.5 Å². The lowest BCUT2D eigenvalue weighted by molar-refractivity contribution is -0.154. The van der Waals surface area contributed by atoms with Crippen LogP contribution in [0.25, 0.3) is 0 Å². The van der Waals surface area contributed by atoms with E-state index in [2.05, 4.69) is 4.90 Å². The van der Waals surface area contributed by atoms with Gasteiger partial charge >= 0.3 is 0 Å². The Hall–Kier alpha value is -2.35. The zero-order valence-electron chi connectivity index (χ0n) is 16.0. The Morgan fingerprint density at radius 2 is 1.89 bits per heavy atom. The van der Waals surface area contributed by atoms with Gasteiger partial charge in [0.25, 0.3) is 0 Å². The molecule has 0 amide bonds. The summed E-state index contributed by atoms with van der Waals surface area (Å²) in [6.45, 7) is 5.41. The lowest BCUT2D eigenvalue weighted by Crippen LogP contribution is -2.33. The summed E-state index contributed by atoms with van der Waals surface area (Å²) in [5.41, 5.74) is 9.20. The molecule has 7 heteroatoms. The first-order valence-corrected chi connectivity index (χ1v) is 9.78. The van der Waals surface area contributed by atoms with E-state index in [9.17, 15) is 4.39 Å². The van der Waals surface area contributed by atoms with Crippen molar-refractivity contribution >= 4 is 17.1 Å². The summed E-state index contributed by atoms with van der Waals surface area (Å²) in [7, 11) is 0. The van der Waals surface area contributed by atoms with E-state index in [4.69, 9.17) is 15.3 Å². The fraction of sp³-hybridized carbons (Fsp3) is 0.429. The monoisotopic (exact) mass is 386 g/mol. The van der Waals surface area contributed by atoms with E-state index < -0.39 is 0 Å². The summed E-state index contributed by atoms with van der Waals surface area (Å²) in [6, 6.07) is 13.3. The highest BCUT2D eigenvalue weighted by molar-refractivity contribution is 5.57. The smallest absolute Gasteiger partial charge is 0.148 e. The third kappa shape index (κ3) is 4.55. The van der Waals surface area contributed by atoms with E-state index in [1.807, 2.05) is 46.4 Å². The van der Waals surface area contributed by atoms with Crippen LogP contribution in [0.5, 0.6) is 0 Å². The minimum absolute atomic E-state index is 0.202. The normalized spacial score (nSPS) is 18.9. The number of benzene rings is 2. The van der Waals surface area contributed by atoms with Gasteiger partial charge in [-0.1, -0.05) is 12.1 Å².